The van der Waals surface area contributed by atoms with Gasteiger partial charge in [-0.25, -0.2) is 4.39 Å². The van der Waals surface area contributed by atoms with Gasteiger partial charge in [-0.05, 0) is 35.9 Å². The number of amides is 2. The average Bonchev–Trinajstić information content (AvgIpc) is 2.95. The summed E-state index contributed by atoms with van der Waals surface area (Å²) in [6.45, 7) is 2.41. The molecule has 0 unspecified atom stereocenters. The summed E-state index contributed by atoms with van der Waals surface area (Å²) in [4.78, 5) is 33.3. The molecule has 8 heteroatoms. The molecular formula is C29H30FN3O4. The van der Waals surface area contributed by atoms with Crippen LogP contribution in [0.25, 0.3) is 0 Å². The molecule has 0 aliphatic carbocycles. The second kappa shape index (κ2) is 10.1. The highest BCUT2D eigenvalue weighted by Crippen LogP contribution is 2.46. The van der Waals surface area contributed by atoms with Gasteiger partial charge in [-0.1, -0.05) is 36.4 Å². The number of nitrogens with zero attached hydrogens (tertiary/aromatic N) is 3. The molecule has 2 heterocycles. The van der Waals surface area contributed by atoms with Crippen molar-refractivity contribution in [3.8, 4) is 11.5 Å². The molecule has 1 saturated heterocycles. The van der Waals surface area contributed by atoms with Crippen molar-refractivity contribution in [3.63, 3.8) is 0 Å². The first-order chi connectivity index (χ1) is 17.9. The Morgan fingerprint density at radius 3 is 2.14 bits per heavy atom. The Balaban J connectivity index is 1.55. The number of likely N-dealkylation sites (N-methyl/N-ethyl adjacent to an activating group) is 1. The minimum atomic E-state index is -0.808. The number of piperazine rings is 1. The molecule has 0 spiro atoms. The maximum absolute atomic E-state index is 15.1. The van der Waals surface area contributed by atoms with Crippen molar-refractivity contribution < 1.29 is 23.5 Å². The number of ether oxygens (including phenoxy) is 2. The summed E-state index contributed by atoms with van der Waals surface area (Å²) in [6.07, 6.45) is 0. The molecule has 192 valence electrons. The fourth-order valence-corrected chi connectivity index (χ4v) is 5.44. The van der Waals surface area contributed by atoms with Crippen molar-refractivity contribution >= 4 is 17.5 Å². The van der Waals surface area contributed by atoms with Crippen LogP contribution in [0.4, 0.5) is 10.1 Å². The van der Waals surface area contributed by atoms with Crippen LogP contribution in [0.15, 0.2) is 66.7 Å². The second-order valence-electron chi connectivity index (χ2n) is 9.30. The van der Waals surface area contributed by atoms with Gasteiger partial charge in [0, 0.05) is 50.0 Å². The van der Waals surface area contributed by atoms with E-state index >= 15 is 4.39 Å². The fourth-order valence-electron chi connectivity index (χ4n) is 5.44. The van der Waals surface area contributed by atoms with E-state index in [-0.39, 0.29) is 11.8 Å². The molecule has 2 amide bonds. The summed E-state index contributed by atoms with van der Waals surface area (Å²) in [6, 6.07) is 18.9. The highest BCUT2D eigenvalue weighted by molar-refractivity contribution is 6.02. The number of para-hydroxylation sites is 1. The van der Waals surface area contributed by atoms with Gasteiger partial charge in [0.15, 0.2) is 11.5 Å². The van der Waals surface area contributed by atoms with E-state index in [2.05, 4.69) is 17.0 Å². The third kappa shape index (κ3) is 4.37. The summed E-state index contributed by atoms with van der Waals surface area (Å²) in [7, 11) is 4.62. The minimum absolute atomic E-state index is 0.145. The van der Waals surface area contributed by atoms with Gasteiger partial charge in [-0.3, -0.25) is 9.59 Å². The van der Waals surface area contributed by atoms with E-state index < -0.39 is 17.8 Å². The molecule has 37 heavy (non-hydrogen) atoms. The first-order valence-electron chi connectivity index (χ1n) is 12.3. The molecule has 0 saturated carbocycles. The van der Waals surface area contributed by atoms with E-state index in [1.54, 1.807) is 37.4 Å². The van der Waals surface area contributed by atoms with Gasteiger partial charge < -0.3 is 24.2 Å². The summed E-state index contributed by atoms with van der Waals surface area (Å²) >= 11 is 0. The molecule has 0 aromatic heterocycles. The first kappa shape index (κ1) is 24.6. The Morgan fingerprint density at radius 2 is 1.49 bits per heavy atom. The van der Waals surface area contributed by atoms with E-state index in [0.29, 0.717) is 54.4 Å². The number of halogens is 1. The van der Waals surface area contributed by atoms with Gasteiger partial charge in [-0.2, -0.15) is 0 Å². The quantitative estimate of drug-likeness (QED) is 0.525. The van der Waals surface area contributed by atoms with Crippen molar-refractivity contribution in [2.45, 2.75) is 12.0 Å². The lowest BCUT2D eigenvalue weighted by Crippen LogP contribution is -2.53. The number of fused-ring (bicyclic) bond motifs is 1. The van der Waals surface area contributed by atoms with E-state index in [4.69, 9.17) is 9.47 Å². The van der Waals surface area contributed by atoms with Crippen molar-refractivity contribution in [2.24, 2.45) is 0 Å². The Morgan fingerprint density at radius 1 is 0.865 bits per heavy atom. The number of anilines is 1. The lowest BCUT2D eigenvalue weighted by atomic mass is 9.78. The molecule has 1 fully saturated rings. The molecular weight excluding hydrogens is 473 g/mol. The first-order valence-corrected chi connectivity index (χ1v) is 12.3. The number of rotatable bonds is 5. The molecule has 7 nitrogen and oxygen atoms in total. The zero-order valence-electron chi connectivity index (χ0n) is 21.2. The van der Waals surface area contributed by atoms with Crippen molar-refractivity contribution in [1.82, 2.24) is 9.80 Å². The van der Waals surface area contributed by atoms with Crippen LogP contribution in [0.1, 0.15) is 33.4 Å². The molecule has 0 N–H and O–H groups in total. The van der Waals surface area contributed by atoms with E-state index in [0.717, 1.165) is 5.69 Å². The van der Waals surface area contributed by atoms with E-state index in [9.17, 15) is 9.59 Å². The maximum Gasteiger partial charge on any atom is 0.254 e. The van der Waals surface area contributed by atoms with E-state index in [1.807, 2.05) is 23.1 Å². The maximum atomic E-state index is 15.1. The monoisotopic (exact) mass is 503 g/mol. The number of hydrogen-bond acceptors (Lipinski definition) is 5. The lowest BCUT2D eigenvalue weighted by Gasteiger charge is -2.43. The predicted octanol–water partition coefficient (Wildman–Crippen LogP) is 4.10. The van der Waals surface area contributed by atoms with Gasteiger partial charge in [0.05, 0.1) is 26.2 Å². The number of hydrogen-bond donors (Lipinski definition) is 0. The summed E-state index contributed by atoms with van der Waals surface area (Å²) < 4.78 is 26.1. The average molecular weight is 504 g/mol. The number of benzene rings is 3. The number of carbonyl (C=O) groups is 2. The molecule has 0 bridgehead atoms. The van der Waals surface area contributed by atoms with Crippen LogP contribution >= 0.6 is 0 Å². The Labute approximate surface area is 216 Å². The van der Waals surface area contributed by atoms with Gasteiger partial charge >= 0.3 is 0 Å². The van der Waals surface area contributed by atoms with Crippen molar-refractivity contribution in [1.29, 1.82) is 0 Å². The van der Waals surface area contributed by atoms with Crippen LogP contribution in [0.5, 0.6) is 11.5 Å². The number of methoxy groups -OCH3 is 2. The van der Waals surface area contributed by atoms with Crippen LogP contribution in [0.2, 0.25) is 0 Å². The van der Waals surface area contributed by atoms with Gasteiger partial charge in [0.25, 0.3) is 5.91 Å². The fraction of sp³-hybridized carbons (Fsp3) is 0.310. The predicted molar refractivity (Wildman–Crippen MR) is 139 cm³/mol. The van der Waals surface area contributed by atoms with Crippen LogP contribution in [-0.4, -0.2) is 69.1 Å². The smallest absolute Gasteiger partial charge is 0.254 e. The Kier molecular flexibility index (Phi) is 6.74. The summed E-state index contributed by atoms with van der Waals surface area (Å²) in [5.41, 5.74) is 2.29. The Bertz CT molecular complexity index is 1310. The van der Waals surface area contributed by atoms with Crippen molar-refractivity contribution in [3.05, 3.63) is 89.2 Å². The van der Waals surface area contributed by atoms with E-state index in [1.165, 1.54) is 25.2 Å². The summed E-state index contributed by atoms with van der Waals surface area (Å²) in [5.74, 6) is -0.899. The topological polar surface area (TPSA) is 62.3 Å². The second-order valence-corrected chi connectivity index (χ2v) is 9.30. The van der Waals surface area contributed by atoms with Crippen LogP contribution in [-0.2, 0) is 4.79 Å². The molecule has 3 aromatic rings. The van der Waals surface area contributed by atoms with Gasteiger partial charge in [-0.15, -0.1) is 0 Å². The molecule has 0 radical (unpaired) electrons. The molecule has 2 aliphatic rings. The SMILES string of the molecule is COc1cc2c(cc1OC)[C@@H](C(=O)N1CCN(c3ccccc3)CC1)[C@@H](c1ccccc1F)N(C)C2=O. The molecule has 5 rings (SSSR count). The zero-order valence-corrected chi connectivity index (χ0v) is 21.2. The lowest BCUT2D eigenvalue weighted by molar-refractivity contribution is -0.134. The molecule has 2 atom stereocenters. The zero-order chi connectivity index (χ0) is 26.1. The molecule has 3 aromatic carbocycles. The highest BCUT2D eigenvalue weighted by Gasteiger charge is 2.46. The Hall–Kier alpha value is -4.07. The number of carbonyl (C=O) groups excluding carboxylic acids is 2. The van der Waals surface area contributed by atoms with Crippen LogP contribution < -0.4 is 14.4 Å². The third-order valence-corrected chi connectivity index (χ3v) is 7.38. The van der Waals surface area contributed by atoms with Crippen LogP contribution in [0.3, 0.4) is 0 Å². The summed E-state index contributed by atoms with van der Waals surface area (Å²) in [5, 5.41) is 0. The van der Waals surface area contributed by atoms with Crippen LogP contribution in [0, 0.1) is 5.82 Å². The largest absolute Gasteiger partial charge is 0.493 e. The minimum Gasteiger partial charge on any atom is -0.493 e. The van der Waals surface area contributed by atoms with Gasteiger partial charge in [0.1, 0.15) is 5.82 Å². The standard InChI is InChI=1S/C29H30FN3O4/c1-31-27(20-11-7-8-12-23(20)30)26(21-17-24(36-2)25(37-3)18-22(21)28(31)34)29(35)33-15-13-32(14-16-33)19-9-5-4-6-10-19/h4-12,17-18,26-27H,13-16H2,1-3H3/t26-,27-/m1/s1. The molecule has 2 aliphatic heterocycles. The third-order valence-electron chi connectivity index (χ3n) is 7.38. The van der Waals surface area contributed by atoms with Gasteiger partial charge in [0.2, 0.25) is 5.91 Å². The van der Waals surface area contributed by atoms with Crippen molar-refractivity contribution in [2.75, 3.05) is 52.3 Å². The normalized spacial score (nSPS) is 19.5. The highest BCUT2D eigenvalue weighted by atomic mass is 19.1.